The molecular weight excluding hydrogens is 264 g/mol. The fraction of sp³-hybridized carbons (Fsp3) is 0.250. The number of anilines is 4. The van der Waals surface area contributed by atoms with E-state index < -0.39 is 0 Å². The summed E-state index contributed by atoms with van der Waals surface area (Å²) in [5.74, 6) is 0. The van der Waals surface area contributed by atoms with Crippen LogP contribution >= 0.6 is 0 Å². The number of benzene rings is 2. The van der Waals surface area contributed by atoms with Gasteiger partial charge in [0, 0.05) is 49.0 Å². The van der Waals surface area contributed by atoms with Crippen molar-refractivity contribution in [1.29, 1.82) is 0 Å². The lowest BCUT2D eigenvalue weighted by Crippen LogP contribution is -2.04. The minimum absolute atomic E-state index is 0.0462. The summed E-state index contributed by atoms with van der Waals surface area (Å²) in [5.41, 5.74) is 18.1. The summed E-state index contributed by atoms with van der Waals surface area (Å²) in [6.07, 6.45) is 0.498. The van der Waals surface area contributed by atoms with Crippen LogP contribution in [0.25, 0.3) is 11.1 Å². The first-order valence-electron chi connectivity index (χ1n) is 6.89. The molecule has 0 fully saturated rings. The summed E-state index contributed by atoms with van der Waals surface area (Å²) in [5, 5.41) is 15.6. The van der Waals surface area contributed by atoms with Gasteiger partial charge in [-0.1, -0.05) is 6.07 Å². The van der Waals surface area contributed by atoms with E-state index in [4.69, 9.17) is 11.5 Å². The second-order valence-electron chi connectivity index (χ2n) is 4.87. The van der Waals surface area contributed by atoms with Crippen LogP contribution in [-0.4, -0.2) is 25.8 Å². The molecule has 0 unspecified atom stereocenters. The number of nitrogens with one attached hydrogen (secondary N) is 2. The molecule has 7 N–H and O–H groups in total. The molecule has 0 aliphatic carbocycles. The third-order valence-corrected chi connectivity index (χ3v) is 3.54. The first-order valence-corrected chi connectivity index (χ1v) is 6.89. The van der Waals surface area contributed by atoms with Crippen LogP contribution < -0.4 is 22.1 Å². The molecule has 0 aromatic heterocycles. The van der Waals surface area contributed by atoms with Gasteiger partial charge in [0.25, 0.3) is 0 Å². The van der Waals surface area contributed by atoms with E-state index in [2.05, 4.69) is 10.6 Å². The predicted octanol–water partition coefficient (Wildman–Crippen LogP) is 2.14. The molecular formula is C16H22N4O. The zero-order chi connectivity index (χ0) is 15.4. The molecule has 5 heteroatoms. The lowest BCUT2D eigenvalue weighted by molar-refractivity contribution is 0.300. The molecule has 0 spiro atoms. The second kappa shape index (κ2) is 6.37. The van der Waals surface area contributed by atoms with Crippen molar-refractivity contribution in [2.45, 2.75) is 6.42 Å². The Kier molecular flexibility index (Phi) is 4.55. The fourth-order valence-corrected chi connectivity index (χ4v) is 2.49. The van der Waals surface area contributed by atoms with Crippen molar-refractivity contribution in [3.05, 3.63) is 35.9 Å². The van der Waals surface area contributed by atoms with E-state index in [0.717, 1.165) is 28.1 Å². The normalized spacial score (nSPS) is 10.4. The van der Waals surface area contributed by atoms with Gasteiger partial charge in [0.2, 0.25) is 0 Å². The van der Waals surface area contributed by atoms with Crippen LogP contribution in [0.5, 0.6) is 0 Å². The number of hydrogen-bond donors (Lipinski definition) is 5. The van der Waals surface area contributed by atoms with Crippen molar-refractivity contribution in [2.24, 2.45) is 0 Å². The molecule has 21 heavy (non-hydrogen) atoms. The zero-order valence-corrected chi connectivity index (χ0v) is 12.4. The van der Waals surface area contributed by atoms with Crippen LogP contribution in [0.1, 0.15) is 5.56 Å². The van der Waals surface area contributed by atoms with Crippen LogP contribution in [0.3, 0.4) is 0 Å². The number of nitrogen functional groups attached to an aromatic ring is 2. The van der Waals surface area contributed by atoms with Gasteiger partial charge >= 0.3 is 0 Å². The first kappa shape index (κ1) is 15.0. The minimum atomic E-state index is 0.0462. The molecule has 0 heterocycles. The quantitative estimate of drug-likeness (QED) is 0.543. The standard InChI is InChI=1S/C16H22N4O/c1-19-11-3-4-13(16(9-11)20-2)14-7-10(17)8-15(18)12(14)5-6-21/h3-4,7-9,19-21H,5-6,17-18H2,1-2H3. The van der Waals surface area contributed by atoms with Gasteiger partial charge in [-0.3, -0.25) is 0 Å². The molecule has 5 nitrogen and oxygen atoms in total. The Hall–Kier alpha value is -2.40. The number of nitrogens with two attached hydrogens (primary N) is 2. The Labute approximate surface area is 125 Å². The number of rotatable bonds is 5. The highest BCUT2D eigenvalue weighted by molar-refractivity contribution is 5.86. The van der Waals surface area contributed by atoms with E-state index in [1.54, 1.807) is 6.07 Å². The smallest absolute Gasteiger partial charge is 0.0472 e. The summed E-state index contributed by atoms with van der Waals surface area (Å²) in [6.45, 7) is 0.0462. The topological polar surface area (TPSA) is 96.3 Å². The van der Waals surface area contributed by atoms with E-state index in [-0.39, 0.29) is 6.61 Å². The molecule has 0 saturated carbocycles. The highest BCUT2D eigenvalue weighted by Crippen LogP contribution is 2.36. The van der Waals surface area contributed by atoms with Crippen molar-refractivity contribution in [3.8, 4) is 11.1 Å². The minimum Gasteiger partial charge on any atom is -0.399 e. The predicted molar refractivity (Wildman–Crippen MR) is 90.6 cm³/mol. The molecule has 0 saturated heterocycles. The Bertz CT molecular complexity index is 640. The van der Waals surface area contributed by atoms with Gasteiger partial charge in [0.05, 0.1) is 0 Å². The van der Waals surface area contributed by atoms with E-state index in [0.29, 0.717) is 17.8 Å². The van der Waals surface area contributed by atoms with Crippen molar-refractivity contribution in [2.75, 3.05) is 42.8 Å². The Morgan fingerprint density at radius 2 is 1.76 bits per heavy atom. The van der Waals surface area contributed by atoms with Gasteiger partial charge in [0.15, 0.2) is 0 Å². The fourth-order valence-electron chi connectivity index (χ4n) is 2.49. The number of hydrogen-bond acceptors (Lipinski definition) is 5. The summed E-state index contributed by atoms with van der Waals surface area (Å²) in [4.78, 5) is 0. The van der Waals surface area contributed by atoms with Crippen molar-refractivity contribution in [3.63, 3.8) is 0 Å². The molecule has 0 radical (unpaired) electrons. The maximum atomic E-state index is 9.28. The third kappa shape index (κ3) is 3.03. The molecule has 112 valence electrons. The van der Waals surface area contributed by atoms with Crippen LogP contribution in [0.2, 0.25) is 0 Å². The van der Waals surface area contributed by atoms with Crippen LogP contribution in [0.15, 0.2) is 30.3 Å². The maximum absolute atomic E-state index is 9.28. The SMILES string of the molecule is CNc1ccc(-c2cc(N)cc(N)c2CCO)c(NC)c1. The van der Waals surface area contributed by atoms with Gasteiger partial charge < -0.3 is 27.2 Å². The van der Waals surface area contributed by atoms with Crippen molar-refractivity contribution < 1.29 is 5.11 Å². The Balaban J connectivity index is 2.65. The average molecular weight is 286 g/mol. The summed E-state index contributed by atoms with van der Waals surface area (Å²) in [7, 11) is 3.75. The van der Waals surface area contributed by atoms with E-state index in [1.165, 1.54) is 0 Å². The van der Waals surface area contributed by atoms with Gasteiger partial charge in [0.1, 0.15) is 0 Å². The van der Waals surface area contributed by atoms with Crippen molar-refractivity contribution >= 4 is 22.7 Å². The van der Waals surface area contributed by atoms with Gasteiger partial charge in [-0.05, 0) is 41.8 Å². The largest absolute Gasteiger partial charge is 0.399 e. The maximum Gasteiger partial charge on any atom is 0.0472 e. The monoisotopic (exact) mass is 286 g/mol. The summed E-state index contributed by atoms with van der Waals surface area (Å²) in [6, 6.07) is 9.68. The highest BCUT2D eigenvalue weighted by atomic mass is 16.2. The zero-order valence-electron chi connectivity index (χ0n) is 12.4. The van der Waals surface area contributed by atoms with E-state index in [9.17, 15) is 5.11 Å². The average Bonchev–Trinajstić information content (AvgIpc) is 2.49. The van der Waals surface area contributed by atoms with Crippen LogP contribution in [-0.2, 0) is 6.42 Å². The van der Waals surface area contributed by atoms with Crippen LogP contribution in [0, 0.1) is 0 Å². The van der Waals surface area contributed by atoms with E-state index >= 15 is 0 Å². The molecule has 2 aromatic carbocycles. The lowest BCUT2D eigenvalue weighted by Gasteiger charge is -2.17. The highest BCUT2D eigenvalue weighted by Gasteiger charge is 2.13. The first-order chi connectivity index (χ1) is 10.1. The Morgan fingerprint density at radius 1 is 1.00 bits per heavy atom. The molecule has 0 aliphatic rings. The second-order valence-corrected chi connectivity index (χ2v) is 4.87. The molecule has 0 amide bonds. The summed E-state index contributed by atoms with van der Waals surface area (Å²) < 4.78 is 0. The summed E-state index contributed by atoms with van der Waals surface area (Å²) >= 11 is 0. The number of aliphatic hydroxyl groups excluding tert-OH is 1. The van der Waals surface area contributed by atoms with Gasteiger partial charge in [-0.2, -0.15) is 0 Å². The third-order valence-electron chi connectivity index (χ3n) is 3.54. The number of aliphatic hydroxyl groups is 1. The molecule has 0 aliphatic heterocycles. The van der Waals surface area contributed by atoms with Crippen molar-refractivity contribution in [1.82, 2.24) is 0 Å². The van der Waals surface area contributed by atoms with E-state index in [1.807, 2.05) is 38.4 Å². The Morgan fingerprint density at radius 3 is 2.38 bits per heavy atom. The molecule has 0 bridgehead atoms. The van der Waals surface area contributed by atoms with Crippen LogP contribution in [0.4, 0.5) is 22.7 Å². The molecule has 2 aromatic rings. The molecule has 2 rings (SSSR count). The molecule has 0 atom stereocenters. The van der Waals surface area contributed by atoms with Gasteiger partial charge in [-0.25, -0.2) is 0 Å². The van der Waals surface area contributed by atoms with Gasteiger partial charge in [-0.15, -0.1) is 0 Å². The lowest BCUT2D eigenvalue weighted by atomic mass is 9.94.